The van der Waals surface area contributed by atoms with Gasteiger partial charge in [0.1, 0.15) is 5.69 Å². The minimum Gasteiger partial charge on any atom is -0.361 e. The quantitative estimate of drug-likeness (QED) is 0.770. The molecule has 2 N–H and O–H groups in total. The third-order valence-electron chi connectivity index (χ3n) is 3.34. The van der Waals surface area contributed by atoms with Crippen LogP contribution in [0.2, 0.25) is 0 Å². The van der Waals surface area contributed by atoms with Crippen molar-refractivity contribution in [2.45, 2.75) is 13.3 Å². The standard InChI is InChI=1S/C16H16N4O/c1-11-8-17-10-15(20-11)16(21)18-7-6-12-9-19-14-5-3-2-4-13(12)14/h2-5,8-10,19H,6-7H2,1H3,(H,18,21). The summed E-state index contributed by atoms with van der Waals surface area (Å²) >= 11 is 0. The summed E-state index contributed by atoms with van der Waals surface area (Å²) in [6.45, 7) is 2.38. The van der Waals surface area contributed by atoms with E-state index < -0.39 is 0 Å². The van der Waals surface area contributed by atoms with Crippen molar-refractivity contribution in [2.24, 2.45) is 0 Å². The number of nitrogens with one attached hydrogen (secondary N) is 2. The highest BCUT2D eigenvalue weighted by molar-refractivity contribution is 5.92. The number of para-hydroxylation sites is 1. The lowest BCUT2D eigenvalue weighted by molar-refractivity contribution is 0.0948. The van der Waals surface area contributed by atoms with Crippen LogP contribution >= 0.6 is 0 Å². The molecule has 0 spiro atoms. The monoisotopic (exact) mass is 280 g/mol. The molecule has 0 aliphatic heterocycles. The molecule has 3 aromatic rings. The van der Waals surface area contributed by atoms with Crippen LogP contribution in [0.25, 0.3) is 10.9 Å². The fourth-order valence-electron chi connectivity index (χ4n) is 2.31. The number of hydrogen-bond donors (Lipinski definition) is 2. The highest BCUT2D eigenvalue weighted by atomic mass is 16.1. The van der Waals surface area contributed by atoms with Crippen LogP contribution in [-0.4, -0.2) is 27.4 Å². The molecule has 0 atom stereocenters. The molecule has 0 saturated heterocycles. The summed E-state index contributed by atoms with van der Waals surface area (Å²) in [5, 5.41) is 4.07. The lowest BCUT2D eigenvalue weighted by Crippen LogP contribution is -2.26. The Hall–Kier alpha value is -2.69. The molecule has 0 radical (unpaired) electrons. The molecule has 0 aliphatic carbocycles. The fourth-order valence-corrected chi connectivity index (χ4v) is 2.31. The van der Waals surface area contributed by atoms with Crippen LogP contribution in [0.15, 0.2) is 42.9 Å². The first-order valence-corrected chi connectivity index (χ1v) is 6.86. The Bertz CT molecular complexity index is 779. The Kier molecular flexibility index (Phi) is 3.64. The molecular weight excluding hydrogens is 264 g/mol. The van der Waals surface area contributed by atoms with Crippen LogP contribution in [0.3, 0.4) is 0 Å². The van der Waals surface area contributed by atoms with Gasteiger partial charge in [-0.2, -0.15) is 0 Å². The molecule has 1 amide bonds. The second-order valence-corrected chi connectivity index (χ2v) is 4.91. The number of H-pyrrole nitrogens is 1. The molecule has 0 fully saturated rings. The van der Waals surface area contributed by atoms with Crippen LogP contribution in [0.5, 0.6) is 0 Å². The van der Waals surface area contributed by atoms with Gasteiger partial charge < -0.3 is 10.3 Å². The van der Waals surface area contributed by atoms with E-state index in [1.807, 2.05) is 31.3 Å². The molecular formula is C16H16N4O. The molecule has 5 heteroatoms. The van der Waals surface area contributed by atoms with Gasteiger partial charge in [-0.05, 0) is 25.0 Å². The molecule has 0 unspecified atom stereocenters. The van der Waals surface area contributed by atoms with Crippen molar-refractivity contribution in [3.63, 3.8) is 0 Å². The minimum absolute atomic E-state index is 0.189. The van der Waals surface area contributed by atoms with E-state index in [9.17, 15) is 4.79 Å². The van der Waals surface area contributed by atoms with Crippen molar-refractivity contribution >= 4 is 16.8 Å². The summed E-state index contributed by atoms with van der Waals surface area (Å²) < 4.78 is 0. The van der Waals surface area contributed by atoms with Gasteiger partial charge in [-0.3, -0.25) is 9.78 Å². The number of aryl methyl sites for hydroxylation is 1. The van der Waals surface area contributed by atoms with Gasteiger partial charge in [0.2, 0.25) is 0 Å². The number of rotatable bonds is 4. The maximum Gasteiger partial charge on any atom is 0.271 e. The number of aromatic amines is 1. The molecule has 1 aromatic carbocycles. The summed E-state index contributed by atoms with van der Waals surface area (Å²) in [5.74, 6) is -0.189. The van der Waals surface area contributed by atoms with Crippen LogP contribution in [-0.2, 0) is 6.42 Å². The Morgan fingerprint density at radius 3 is 3.00 bits per heavy atom. The average Bonchev–Trinajstić information content (AvgIpc) is 2.91. The molecule has 0 bridgehead atoms. The van der Waals surface area contributed by atoms with E-state index in [4.69, 9.17) is 0 Å². The van der Waals surface area contributed by atoms with E-state index in [0.29, 0.717) is 12.2 Å². The van der Waals surface area contributed by atoms with Gasteiger partial charge >= 0.3 is 0 Å². The van der Waals surface area contributed by atoms with Crippen molar-refractivity contribution in [2.75, 3.05) is 6.54 Å². The lowest BCUT2D eigenvalue weighted by Gasteiger charge is -2.04. The van der Waals surface area contributed by atoms with Crippen LogP contribution in [0.1, 0.15) is 21.7 Å². The third-order valence-corrected chi connectivity index (χ3v) is 3.34. The SMILES string of the molecule is Cc1cncc(C(=O)NCCc2c[nH]c3ccccc23)n1. The topological polar surface area (TPSA) is 70.7 Å². The molecule has 21 heavy (non-hydrogen) atoms. The zero-order chi connectivity index (χ0) is 14.7. The first-order valence-electron chi connectivity index (χ1n) is 6.86. The van der Waals surface area contributed by atoms with Crippen LogP contribution < -0.4 is 5.32 Å². The van der Waals surface area contributed by atoms with Crippen molar-refractivity contribution in [3.8, 4) is 0 Å². The molecule has 0 saturated carbocycles. The number of hydrogen-bond acceptors (Lipinski definition) is 3. The zero-order valence-electron chi connectivity index (χ0n) is 11.8. The number of carbonyl (C=O) groups excluding carboxylic acids is 1. The fraction of sp³-hybridized carbons (Fsp3) is 0.188. The van der Waals surface area contributed by atoms with E-state index in [2.05, 4.69) is 26.3 Å². The van der Waals surface area contributed by atoms with Crippen molar-refractivity contribution in [1.29, 1.82) is 0 Å². The van der Waals surface area contributed by atoms with E-state index in [-0.39, 0.29) is 5.91 Å². The zero-order valence-corrected chi connectivity index (χ0v) is 11.8. The van der Waals surface area contributed by atoms with Gasteiger partial charge in [0.25, 0.3) is 5.91 Å². The Labute approximate surface area is 122 Å². The van der Waals surface area contributed by atoms with Gasteiger partial charge in [0.05, 0.1) is 11.9 Å². The van der Waals surface area contributed by atoms with Gasteiger partial charge in [-0.1, -0.05) is 18.2 Å². The highest BCUT2D eigenvalue weighted by Gasteiger charge is 2.08. The Morgan fingerprint density at radius 2 is 2.14 bits per heavy atom. The first-order chi connectivity index (χ1) is 10.2. The normalized spacial score (nSPS) is 10.7. The average molecular weight is 280 g/mol. The second-order valence-electron chi connectivity index (χ2n) is 4.91. The van der Waals surface area contributed by atoms with Gasteiger partial charge in [0.15, 0.2) is 0 Å². The highest BCUT2D eigenvalue weighted by Crippen LogP contribution is 2.17. The summed E-state index contributed by atoms with van der Waals surface area (Å²) in [5.41, 5.74) is 3.40. The number of carbonyl (C=O) groups is 1. The van der Waals surface area contributed by atoms with Gasteiger partial charge in [-0.15, -0.1) is 0 Å². The number of nitrogens with zero attached hydrogens (tertiary/aromatic N) is 2. The Morgan fingerprint density at radius 1 is 1.29 bits per heavy atom. The van der Waals surface area contributed by atoms with Crippen molar-refractivity contribution in [3.05, 3.63) is 59.8 Å². The lowest BCUT2D eigenvalue weighted by atomic mass is 10.1. The summed E-state index contributed by atoms with van der Waals surface area (Å²) in [7, 11) is 0. The summed E-state index contributed by atoms with van der Waals surface area (Å²) in [4.78, 5) is 23.3. The van der Waals surface area contributed by atoms with Crippen LogP contribution in [0, 0.1) is 6.92 Å². The predicted octanol–water partition coefficient (Wildman–Crippen LogP) is 2.24. The Balaban J connectivity index is 1.62. The smallest absolute Gasteiger partial charge is 0.271 e. The molecule has 5 nitrogen and oxygen atoms in total. The largest absolute Gasteiger partial charge is 0.361 e. The second kappa shape index (κ2) is 5.75. The number of aromatic nitrogens is 3. The number of fused-ring (bicyclic) bond motifs is 1. The summed E-state index contributed by atoms with van der Waals surface area (Å²) in [6, 6.07) is 8.14. The van der Waals surface area contributed by atoms with Crippen molar-refractivity contribution < 1.29 is 4.79 Å². The number of benzene rings is 1. The predicted molar refractivity (Wildman–Crippen MR) is 81.1 cm³/mol. The van der Waals surface area contributed by atoms with Gasteiger partial charge in [0, 0.05) is 29.8 Å². The van der Waals surface area contributed by atoms with E-state index in [0.717, 1.165) is 17.6 Å². The van der Waals surface area contributed by atoms with Crippen molar-refractivity contribution in [1.82, 2.24) is 20.3 Å². The number of amides is 1. The van der Waals surface area contributed by atoms with E-state index >= 15 is 0 Å². The van der Waals surface area contributed by atoms with Crippen LogP contribution in [0.4, 0.5) is 0 Å². The third kappa shape index (κ3) is 2.91. The molecule has 3 rings (SSSR count). The summed E-state index contributed by atoms with van der Waals surface area (Å²) in [6.07, 6.45) is 5.87. The molecule has 0 aliphatic rings. The minimum atomic E-state index is -0.189. The molecule has 106 valence electrons. The molecule has 2 heterocycles. The van der Waals surface area contributed by atoms with Gasteiger partial charge in [-0.25, -0.2) is 4.98 Å². The van der Waals surface area contributed by atoms with E-state index in [1.54, 1.807) is 6.20 Å². The van der Waals surface area contributed by atoms with E-state index in [1.165, 1.54) is 17.1 Å². The molecule has 2 aromatic heterocycles. The first kappa shape index (κ1) is 13.3. The maximum atomic E-state index is 12.0. The maximum absolute atomic E-state index is 12.0.